The SMILES string of the molecule is COc1c(N2CC3CCCN(C(C)=O)C3C2)c(F)cc2c(=O)c(C(=O)/C=C/c3ccc(Cl)cc3)cn(C3CC3)c12. The van der Waals surface area contributed by atoms with Gasteiger partial charge < -0.3 is 19.1 Å². The number of carbonyl (C=O) groups is 2. The fourth-order valence-corrected chi connectivity index (χ4v) is 6.46. The number of halogens is 2. The summed E-state index contributed by atoms with van der Waals surface area (Å²) < 4.78 is 23.7. The first-order valence-electron chi connectivity index (χ1n) is 13.7. The maximum Gasteiger partial charge on any atom is 0.219 e. The van der Waals surface area contributed by atoms with Crippen molar-refractivity contribution in [3.63, 3.8) is 0 Å². The van der Waals surface area contributed by atoms with Gasteiger partial charge in [-0.15, -0.1) is 0 Å². The van der Waals surface area contributed by atoms with Gasteiger partial charge in [-0.3, -0.25) is 14.4 Å². The number of allylic oxidation sites excluding steroid dienone is 1. The van der Waals surface area contributed by atoms with E-state index in [2.05, 4.69) is 0 Å². The molecular formula is C31H31ClFN3O4. The number of hydrogen-bond acceptors (Lipinski definition) is 5. The van der Waals surface area contributed by atoms with Crippen molar-refractivity contribution in [3.05, 3.63) is 74.8 Å². The van der Waals surface area contributed by atoms with Crippen LogP contribution in [0, 0.1) is 11.7 Å². The Kier molecular flexibility index (Phi) is 6.90. The standard InChI is InChI=1S/C31H31ClFN3O4/c1-18(37)35-13-3-4-20-15-34(17-26(20)35)29-25(33)14-23-28(31(29)40-2)36(22-10-11-22)16-24(30(23)39)27(38)12-7-19-5-8-21(32)9-6-19/h5-9,12,14,16,20,22,26H,3-4,10-11,13,15,17H2,1-2H3/b12-7+. The molecule has 1 aliphatic carbocycles. The molecule has 3 fully saturated rings. The number of nitrogens with zero attached hydrogens (tertiary/aromatic N) is 3. The Hall–Kier alpha value is -3.65. The largest absolute Gasteiger partial charge is 0.492 e. The number of ether oxygens (including phenoxy) is 1. The molecule has 40 heavy (non-hydrogen) atoms. The lowest BCUT2D eigenvalue weighted by atomic mass is 9.92. The number of ketones is 1. The number of likely N-dealkylation sites (tertiary alicyclic amines) is 1. The van der Waals surface area contributed by atoms with Crippen LogP contribution in [0.15, 0.2) is 47.4 Å². The lowest BCUT2D eigenvalue weighted by Crippen LogP contribution is -2.47. The van der Waals surface area contributed by atoms with Gasteiger partial charge in [0.25, 0.3) is 0 Å². The number of fused-ring (bicyclic) bond motifs is 2. The Balaban J connectivity index is 1.43. The highest BCUT2D eigenvalue weighted by atomic mass is 35.5. The molecular weight excluding hydrogens is 533 g/mol. The minimum absolute atomic E-state index is 0.0110. The number of piperidine rings is 1. The maximum absolute atomic E-state index is 16.0. The quantitative estimate of drug-likeness (QED) is 0.293. The summed E-state index contributed by atoms with van der Waals surface area (Å²) in [5.74, 6) is -0.448. The summed E-state index contributed by atoms with van der Waals surface area (Å²) in [6.45, 7) is 3.40. The maximum atomic E-state index is 16.0. The number of benzene rings is 2. The topological polar surface area (TPSA) is 71.8 Å². The van der Waals surface area contributed by atoms with Gasteiger partial charge in [-0.05, 0) is 61.4 Å². The fourth-order valence-electron chi connectivity index (χ4n) is 6.34. The third-order valence-corrected chi connectivity index (χ3v) is 8.66. The van der Waals surface area contributed by atoms with Crippen LogP contribution < -0.4 is 15.1 Å². The second kappa shape index (κ2) is 10.4. The Morgan fingerprint density at radius 1 is 1.12 bits per heavy atom. The van der Waals surface area contributed by atoms with Gasteiger partial charge in [-0.2, -0.15) is 0 Å². The van der Waals surface area contributed by atoms with Crippen molar-refractivity contribution in [2.45, 2.75) is 44.7 Å². The molecule has 0 bridgehead atoms. The molecule has 1 aromatic heterocycles. The first kappa shape index (κ1) is 26.6. The summed E-state index contributed by atoms with van der Waals surface area (Å²) in [7, 11) is 1.48. The number of amides is 1. The van der Waals surface area contributed by atoms with Gasteiger partial charge in [-0.25, -0.2) is 4.39 Å². The van der Waals surface area contributed by atoms with Crippen LogP contribution in [0.2, 0.25) is 5.02 Å². The first-order valence-corrected chi connectivity index (χ1v) is 14.1. The van der Waals surface area contributed by atoms with Crippen LogP contribution in [0.25, 0.3) is 17.0 Å². The number of aromatic nitrogens is 1. The minimum atomic E-state index is -0.571. The van der Waals surface area contributed by atoms with E-state index in [1.54, 1.807) is 43.5 Å². The molecule has 3 heterocycles. The van der Waals surface area contributed by atoms with Crippen LogP contribution in [0.1, 0.15) is 54.6 Å². The van der Waals surface area contributed by atoms with E-state index in [0.717, 1.165) is 31.2 Å². The molecule has 208 valence electrons. The normalized spacial score (nSPS) is 20.8. The molecule has 0 spiro atoms. The number of methoxy groups -OCH3 is 1. The van der Waals surface area contributed by atoms with Gasteiger partial charge in [0.1, 0.15) is 5.69 Å². The second-order valence-electron chi connectivity index (χ2n) is 11.0. The van der Waals surface area contributed by atoms with Crippen LogP contribution in [0.5, 0.6) is 5.75 Å². The number of anilines is 1. The third-order valence-electron chi connectivity index (χ3n) is 8.41. The van der Waals surface area contributed by atoms with Crippen LogP contribution in [0.3, 0.4) is 0 Å². The first-order chi connectivity index (χ1) is 19.3. The Morgan fingerprint density at radius 2 is 1.88 bits per heavy atom. The molecule has 7 nitrogen and oxygen atoms in total. The van der Waals surface area contributed by atoms with E-state index >= 15 is 4.39 Å². The Morgan fingerprint density at radius 3 is 2.55 bits per heavy atom. The fraction of sp³-hybridized carbons (Fsp3) is 0.387. The van der Waals surface area contributed by atoms with Crippen LogP contribution in [-0.4, -0.2) is 53.9 Å². The third kappa shape index (κ3) is 4.68. The molecule has 2 saturated heterocycles. The van der Waals surface area contributed by atoms with E-state index in [9.17, 15) is 14.4 Å². The lowest BCUT2D eigenvalue weighted by Gasteiger charge is -2.36. The molecule has 1 saturated carbocycles. The smallest absolute Gasteiger partial charge is 0.219 e. The van der Waals surface area contributed by atoms with Crippen molar-refractivity contribution in [1.82, 2.24) is 9.47 Å². The van der Waals surface area contributed by atoms with Crippen molar-refractivity contribution in [2.75, 3.05) is 31.6 Å². The highest BCUT2D eigenvalue weighted by Gasteiger charge is 2.42. The van der Waals surface area contributed by atoms with Gasteiger partial charge in [0.15, 0.2) is 17.3 Å². The Labute approximate surface area is 236 Å². The Bertz CT molecular complexity index is 1600. The molecule has 2 unspecified atom stereocenters. The second-order valence-corrected chi connectivity index (χ2v) is 11.4. The summed E-state index contributed by atoms with van der Waals surface area (Å²) in [6.07, 6.45) is 8.28. The average Bonchev–Trinajstić information content (AvgIpc) is 3.69. The van der Waals surface area contributed by atoms with Crippen LogP contribution in [-0.2, 0) is 4.79 Å². The van der Waals surface area contributed by atoms with Crippen molar-refractivity contribution in [3.8, 4) is 5.75 Å². The van der Waals surface area contributed by atoms with E-state index in [1.807, 2.05) is 14.4 Å². The predicted molar refractivity (Wildman–Crippen MR) is 154 cm³/mol. The highest BCUT2D eigenvalue weighted by molar-refractivity contribution is 6.30. The number of pyridine rings is 1. The highest BCUT2D eigenvalue weighted by Crippen LogP contribution is 2.45. The zero-order chi connectivity index (χ0) is 28.1. The molecule has 2 atom stereocenters. The van der Waals surface area contributed by atoms with Gasteiger partial charge in [0, 0.05) is 43.8 Å². The van der Waals surface area contributed by atoms with E-state index in [0.29, 0.717) is 41.6 Å². The van der Waals surface area contributed by atoms with Crippen molar-refractivity contribution in [1.29, 1.82) is 0 Å². The van der Waals surface area contributed by atoms with Gasteiger partial charge in [-0.1, -0.05) is 29.8 Å². The molecule has 3 aliphatic rings. The van der Waals surface area contributed by atoms with E-state index < -0.39 is 17.0 Å². The zero-order valence-electron chi connectivity index (χ0n) is 22.5. The molecule has 2 aliphatic heterocycles. The van der Waals surface area contributed by atoms with Gasteiger partial charge >= 0.3 is 0 Å². The molecule has 0 radical (unpaired) electrons. The lowest BCUT2D eigenvalue weighted by molar-refractivity contribution is -0.132. The summed E-state index contributed by atoms with van der Waals surface area (Å²) in [5.41, 5.74) is 1.04. The van der Waals surface area contributed by atoms with Gasteiger partial charge in [0.2, 0.25) is 11.3 Å². The summed E-state index contributed by atoms with van der Waals surface area (Å²) in [4.78, 5) is 43.0. The number of carbonyl (C=O) groups excluding carboxylic acids is 2. The molecule has 2 aromatic carbocycles. The molecule has 1 amide bonds. The zero-order valence-corrected chi connectivity index (χ0v) is 23.3. The molecule has 6 rings (SSSR count). The molecule has 9 heteroatoms. The summed E-state index contributed by atoms with van der Waals surface area (Å²) in [6, 6.07) is 8.36. The van der Waals surface area contributed by atoms with E-state index in [1.165, 1.54) is 19.3 Å². The van der Waals surface area contributed by atoms with Crippen LogP contribution in [0.4, 0.5) is 10.1 Å². The predicted octanol–water partition coefficient (Wildman–Crippen LogP) is 5.48. The number of rotatable bonds is 6. The van der Waals surface area contributed by atoms with Crippen LogP contribution >= 0.6 is 11.6 Å². The van der Waals surface area contributed by atoms with Crippen molar-refractivity contribution >= 4 is 46.0 Å². The minimum Gasteiger partial charge on any atom is -0.492 e. The van der Waals surface area contributed by atoms with E-state index in [4.69, 9.17) is 16.3 Å². The van der Waals surface area contributed by atoms with Crippen molar-refractivity contribution in [2.24, 2.45) is 5.92 Å². The summed E-state index contributed by atoms with van der Waals surface area (Å²) >= 11 is 5.95. The van der Waals surface area contributed by atoms with Crippen molar-refractivity contribution < 1.29 is 18.7 Å². The van der Waals surface area contributed by atoms with Gasteiger partial charge in [0.05, 0.1) is 29.6 Å². The molecule has 3 aromatic rings. The molecule has 0 N–H and O–H groups in total. The monoisotopic (exact) mass is 563 g/mol. The average molecular weight is 564 g/mol. The summed E-state index contributed by atoms with van der Waals surface area (Å²) in [5, 5.41) is 0.710. The number of hydrogen-bond donors (Lipinski definition) is 0. The van der Waals surface area contributed by atoms with E-state index in [-0.39, 0.29) is 34.9 Å².